The zero-order chi connectivity index (χ0) is 21.9. The molecular weight excluding hydrogens is 473 g/mol. The summed E-state index contributed by atoms with van der Waals surface area (Å²) >= 11 is 19.9. The lowest BCUT2D eigenvalue weighted by Crippen LogP contribution is -2.10. The van der Waals surface area contributed by atoms with Crippen molar-refractivity contribution in [3.63, 3.8) is 0 Å². The second-order valence-electron chi connectivity index (χ2n) is 5.90. The highest BCUT2D eigenvalue weighted by Crippen LogP contribution is 2.28. The molecule has 3 rings (SSSR count). The lowest BCUT2D eigenvalue weighted by Gasteiger charge is -2.17. The summed E-state index contributed by atoms with van der Waals surface area (Å²) in [6.07, 6.45) is 3.92. The van der Waals surface area contributed by atoms with Crippen LogP contribution in [0.3, 0.4) is 0 Å². The number of aromatic amines is 1. The number of ether oxygens (including phenoxy) is 1. The fourth-order valence-corrected chi connectivity index (χ4v) is 3.83. The predicted molar refractivity (Wildman–Crippen MR) is 119 cm³/mol. The van der Waals surface area contributed by atoms with Gasteiger partial charge in [-0.3, -0.25) is 0 Å². The zero-order valence-corrected chi connectivity index (χ0v) is 18.6. The first kappa shape index (κ1) is 24.3. The Morgan fingerprint density at radius 2 is 1.83 bits per heavy atom. The topological polar surface area (TPSA) is 101 Å². The highest BCUT2D eigenvalue weighted by molar-refractivity contribution is 7.98. The number of halogens is 3. The molecule has 0 fully saturated rings. The van der Waals surface area contributed by atoms with E-state index in [1.165, 1.54) is 5.56 Å². The largest absolute Gasteiger partial charge is 0.359 e. The van der Waals surface area contributed by atoms with Crippen LogP contribution >= 0.6 is 46.6 Å². The Balaban J connectivity index is 0.000000735. The highest BCUT2D eigenvalue weighted by Gasteiger charge is 2.17. The number of aromatic nitrogens is 2. The Labute approximate surface area is 192 Å². The second-order valence-corrected chi connectivity index (χ2v) is 8.11. The first-order valence-corrected chi connectivity index (χ1v) is 10.8. The van der Waals surface area contributed by atoms with Gasteiger partial charge in [-0.15, -0.1) is 21.9 Å². The molecule has 11 heteroatoms. The van der Waals surface area contributed by atoms with E-state index in [9.17, 15) is 0 Å². The number of thioether (sulfide) groups is 1. The molecule has 0 saturated carbocycles. The van der Waals surface area contributed by atoms with Crippen molar-refractivity contribution in [2.24, 2.45) is 0 Å². The number of imidazole rings is 1. The van der Waals surface area contributed by atoms with Gasteiger partial charge in [-0.2, -0.15) is 0 Å². The number of nitrogens with one attached hydrogen (secondary N) is 1. The SMILES string of the molecule is Clc1ccc(CSCOC(Cc2ccc(Cl)cc2Cl)c2ncc[nH]2)cc1.O=[N+]([O-])O. The first-order valence-electron chi connectivity index (χ1n) is 8.55. The molecule has 160 valence electrons. The first-order chi connectivity index (χ1) is 14.3. The molecular formula is C19H18Cl3N3O4S. The van der Waals surface area contributed by atoms with Crippen LogP contribution in [0.15, 0.2) is 54.9 Å². The van der Waals surface area contributed by atoms with Crippen molar-refractivity contribution in [2.45, 2.75) is 18.3 Å². The molecule has 1 unspecified atom stereocenters. The molecule has 1 atom stereocenters. The minimum Gasteiger partial charge on any atom is -0.359 e. The van der Waals surface area contributed by atoms with Gasteiger partial charge in [0.1, 0.15) is 11.9 Å². The average molecular weight is 491 g/mol. The number of nitrogens with zero attached hydrogens (tertiary/aromatic N) is 2. The van der Waals surface area contributed by atoms with Gasteiger partial charge in [0.15, 0.2) is 0 Å². The quantitative estimate of drug-likeness (QED) is 0.168. The summed E-state index contributed by atoms with van der Waals surface area (Å²) in [5.74, 6) is 2.17. The van der Waals surface area contributed by atoms with E-state index in [-0.39, 0.29) is 6.10 Å². The van der Waals surface area contributed by atoms with Crippen molar-refractivity contribution in [2.75, 3.05) is 5.94 Å². The van der Waals surface area contributed by atoms with E-state index < -0.39 is 5.09 Å². The van der Waals surface area contributed by atoms with Crippen molar-refractivity contribution in [1.82, 2.24) is 9.97 Å². The van der Waals surface area contributed by atoms with E-state index >= 15 is 0 Å². The van der Waals surface area contributed by atoms with Crippen LogP contribution in [0.4, 0.5) is 0 Å². The Kier molecular flexibility index (Phi) is 10.3. The molecule has 1 aromatic heterocycles. The fourth-order valence-electron chi connectivity index (χ4n) is 2.45. The summed E-state index contributed by atoms with van der Waals surface area (Å²) in [4.78, 5) is 15.8. The van der Waals surface area contributed by atoms with E-state index in [4.69, 9.17) is 54.9 Å². The molecule has 2 aromatic carbocycles. The molecule has 2 N–H and O–H groups in total. The summed E-state index contributed by atoms with van der Waals surface area (Å²) in [6, 6.07) is 13.3. The van der Waals surface area contributed by atoms with Gasteiger partial charge >= 0.3 is 0 Å². The van der Waals surface area contributed by atoms with E-state index in [1.807, 2.05) is 36.4 Å². The number of H-pyrrole nitrogens is 1. The summed E-state index contributed by atoms with van der Waals surface area (Å²) in [5.41, 5.74) is 2.18. The van der Waals surface area contributed by atoms with Crippen LogP contribution in [0.25, 0.3) is 0 Å². The van der Waals surface area contributed by atoms with Gasteiger partial charge in [-0.25, -0.2) is 4.98 Å². The Bertz CT molecular complexity index is 923. The van der Waals surface area contributed by atoms with Gasteiger partial charge < -0.3 is 14.9 Å². The number of benzene rings is 2. The van der Waals surface area contributed by atoms with E-state index in [0.29, 0.717) is 22.4 Å². The third kappa shape index (κ3) is 8.81. The Morgan fingerprint density at radius 1 is 1.17 bits per heavy atom. The smallest absolute Gasteiger partial charge is 0.291 e. The Morgan fingerprint density at radius 3 is 2.43 bits per heavy atom. The van der Waals surface area contributed by atoms with Crippen molar-refractivity contribution in [3.05, 3.63) is 97.0 Å². The van der Waals surface area contributed by atoms with Crippen LogP contribution in [0.1, 0.15) is 23.1 Å². The van der Waals surface area contributed by atoms with E-state index in [0.717, 1.165) is 22.2 Å². The maximum absolute atomic E-state index is 8.36. The monoisotopic (exact) mass is 489 g/mol. The minimum absolute atomic E-state index is 0.207. The van der Waals surface area contributed by atoms with Gasteiger partial charge in [-0.05, 0) is 35.4 Å². The molecule has 7 nitrogen and oxygen atoms in total. The molecule has 0 aliphatic heterocycles. The van der Waals surface area contributed by atoms with Gasteiger partial charge in [0.25, 0.3) is 5.09 Å². The lowest BCUT2D eigenvalue weighted by molar-refractivity contribution is -0.742. The Hall–Kier alpha value is -1.97. The summed E-state index contributed by atoms with van der Waals surface area (Å²) in [6.45, 7) is 0. The third-order valence-corrected chi connectivity index (χ3v) is 5.46. The third-order valence-electron chi connectivity index (χ3n) is 3.78. The van der Waals surface area contributed by atoms with Gasteiger partial charge in [0.05, 0.1) is 5.94 Å². The number of hydrogen-bond donors (Lipinski definition) is 2. The maximum atomic E-state index is 8.36. The van der Waals surface area contributed by atoms with Crippen LogP contribution < -0.4 is 0 Å². The van der Waals surface area contributed by atoms with Crippen molar-refractivity contribution >= 4 is 46.6 Å². The number of hydrogen-bond acceptors (Lipinski definition) is 5. The van der Waals surface area contributed by atoms with E-state index in [1.54, 1.807) is 30.2 Å². The van der Waals surface area contributed by atoms with Crippen LogP contribution in [0, 0.1) is 10.1 Å². The van der Waals surface area contributed by atoms with Crippen LogP contribution in [0.2, 0.25) is 15.1 Å². The highest BCUT2D eigenvalue weighted by atomic mass is 35.5. The molecule has 3 aromatic rings. The standard InChI is InChI=1S/C19H17Cl3N2OS.HNO3/c20-15-4-1-13(2-5-15)11-26-12-25-18(19-23-7-8-24-19)9-14-3-6-16(21)10-17(14)22;2-1(3)4/h1-8,10,18H,9,11-12H2,(H,23,24);(H,2,3,4). The van der Waals surface area contributed by atoms with Crippen LogP contribution in [-0.4, -0.2) is 26.2 Å². The van der Waals surface area contributed by atoms with Gasteiger partial charge in [0, 0.05) is 39.6 Å². The van der Waals surface area contributed by atoms with Crippen LogP contribution in [-0.2, 0) is 16.9 Å². The molecule has 30 heavy (non-hydrogen) atoms. The predicted octanol–water partition coefficient (Wildman–Crippen LogP) is 6.21. The van der Waals surface area contributed by atoms with Crippen molar-refractivity contribution < 1.29 is 15.0 Å². The summed E-state index contributed by atoms with van der Waals surface area (Å²) in [7, 11) is 0. The lowest BCUT2D eigenvalue weighted by atomic mass is 10.1. The number of rotatable bonds is 8. The average Bonchev–Trinajstić information content (AvgIpc) is 3.21. The molecule has 0 bridgehead atoms. The molecule has 0 saturated heterocycles. The molecule has 0 aliphatic rings. The van der Waals surface area contributed by atoms with Gasteiger partial charge in [0.2, 0.25) is 0 Å². The maximum Gasteiger partial charge on any atom is 0.291 e. The van der Waals surface area contributed by atoms with Gasteiger partial charge in [-0.1, -0.05) is 53.0 Å². The zero-order valence-electron chi connectivity index (χ0n) is 15.5. The molecule has 0 amide bonds. The molecule has 0 aliphatic carbocycles. The summed E-state index contributed by atoms with van der Waals surface area (Å²) in [5, 5.41) is 15.6. The van der Waals surface area contributed by atoms with Crippen molar-refractivity contribution in [1.29, 1.82) is 0 Å². The van der Waals surface area contributed by atoms with Crippen molar-refractivity contribution in [3.8, 4) is 0 Å². The molecule has 0 radical (unpaired) electrons. The normalized spacial score (nSPS) is 11.4. The molecule has 0 spiro atoms. The van der Waals surface area contributed by atoms with E-state index in [2.05, 4.69) is 9.97 Å². The fraction of sp³-hybridized carbons (Fsp3) is 0.211. The summed E-state index contributed by atoms with van der Waals surface area (Å²) < 4.78 is 6.07. The van der Waals surface area contributed by atoms with Crippen LogP contribution in [0.5, 0.6) is 0 Å². The molecule has 1 heterocycles. The second kappa shape index (κ2) is 12.7. The minimum atomic E-state index is -1.50.